The third-order valence-electron chi connectivity index (χ3n) is 5.68. The topological polar surface area (TPSA) is 135 Å². The Balaban J connectivity index is 1.43. The van der Waals surface area contributed by atoms with E-state index >= 15 is 0 Å². The fourth-order valence-corrected chi connectivity index (χ4v) is 4.52. The van der Waals surface area contributed by atoms with Gasteiger partial charge in [0.25, 0.3) is 5.91 Å². The van der Waals surface area contributed by atoms with Crippen molar-refractivity contribution in [1.29, 1.82) is 0 Å². The van der Waals surface area contributed by atoms with Gasteiger partial charge in [-0.05, 0) is 36.2 Å². The number of carbonyl (C=O) groups excluding carboxylic acids is 3. The average Bonchev–Trinajstić information content (AvgIpc) is 3.42. The summed E-state index contributed by atoms with van der Waals surface area (Å²) in [5.74, 6) is -1.05. The first-order valence-corrected chi connectivity index (χ1v) is 11.4. The Bertz CT molecular complexity index is 1310. The van der Waals surface area contributed by atoms with Crippen LogP contribution in [0.5, 0.6) is 0 Å². The van der Waals surface area contributed by atoms with E-state index in [2.05, 4.69) is 20.8 Å². The van der Waals surface area contributed by atoms with E-state index in [0.717, 1.165) is 0 Å². The second-order valence-corrected chi connectivity index (χ2v) is 8.72. The van der Waals surface area contributed by atoms with Crippen molar-refractivity contribution in [3.8, 4) is 0 Å². The minimum atomic E-state index is -0.971. The van der Waals surface area contributed by atoms with E-state index in [-0.39, 0.29) is 22.0 Å². The van der Waals surface area contributed by atoms with Crippen LogP contribution in [-0.2, 0) is 27.2 Å². The van der Waals surface area contributed by atoms with E-state index in [1.807, 2.05) is 0 Å². The lowest BCUT2D eigenvalue weighted by Crippen LogP contribution is -2.46. The highest BCUT2D eigenvalue weighted by Crippen LogP contribution is 2.26. The lowest BCUT2D eigenvalue weighted by atomic mass is 10.0. The number of aromatic nitrogens is 3. The molecular weight excluding hydrogens is 497 g/mol. The normalized spacial score (nSPS) is 15.2. The van der Waals surface area contributed by atoms with E-state index in [1.54, 1.807) is 42.5 Å². The number of hydrogen-bond donors (Lipinski definition) is 3. The fraction of sp³-hybridized carbons (Fsp3) is 0.261. The van der Waals surface area contributed by atoms with Gasteiger partial charge in [0.15, 0.2) is 0 Å². The lowest BCUT2D eigenvalue weighted by Gasteiger charge is -2.19. The van der Waals surface area contributed by atoms with Gasteiger partial charge < -0.3 is 15.4 Å². The van der Waals surface area contributed by atoms with Crippen molar-refractivity contribution in [3.05, 3.63) is 79.9 Å². The number of amides is 2. The number of benzene rings is 2. The number of rotatable bonds is 7. The van der Waals surface area contributed by atoms with Crippen molar-refractivity contribution in [3.63, 3.8) is 0 Å². The predicted octanol–water partition coefficient (Wildman–Crippen LogP) is 2.52. The summed E-state index contributed by atoms with van der Waals surface area (Å²) in [5.41, 5.74) is 0.899. The Morgan fingerprint density at radius 1 is 1.17 bits per heavy atom. The molecule has 0 saturated carbocycles. The number of hydrogen-bond acceptors (Lipinski definition) is 6. The van der Waals surface area contributed by atoms with Gasteiger partial charge in [0.2, 0.25) is 5.91 Å². The molecule has 12 heteroatoms. The van der Waals surface area contributed by atoms with Gasteiger partial charge in [-0.15, -0.1) is 0 Å². The molecule has 1 aliphatic rings. The Morgan fingerprint density at radius 3 is 2.51 bits per heavy atom. The summed E-state index contributed by atoms with van der Waals surface area (Å²) in [6, 6.07) is 9.79. The molecule has 2 atom stereocenters. The monoisotopic (exact) mass is 517 g/mol. The SMILES string of the molecule is COC(=O)[C@H](Cc1ccc(NC(=O)c2c(Cl)cccc2Cl)cc1)NC(=O)C1CCc2n[nH]c(=O)n21. The molecular formula is C23H21Cl2N5O5. The molecule has 1 unspecified atom stereocenters. The van der Waals surface area contributed by atoms with E-state index in [4.69, 9.17) is 27.9 Å². The molecule has 1 aromatic heterocycles. The zero-order valence-corrected chi connectivity index (χ0v) is 20.0. The van der Waals surface area contributed by atoms with E-state index in [0.29, 0.717) is 29.9 Å². The quantitative estimate of drug-likeness (QED) is 0.412. The molecule has 1 aliphatic heterocycles. The number of halogens is 2. The summed E-state index contributed by atoms with van der Waals surface area (Å²) in [6.07, 6.45) is 1.03. The van der Waals surface area contributed by atoms with Gasteiger partial charge in [0.1, 0.15) is 17.9 Å². The van der Waals surface area contributed by atoms with Crippen molar-refractivity contribution < 1.29 is 19.1 Å². The molecule has 0 radical (unpaired) electrons. The minimum absolute atomic E-state index is 0.142. The summed E-state index contributed by atoms with van der Waals surface area (Å²) in [4.78, 5) is 49.7. The number of anilines is 1. The summed E-state index contributed by atoms with van der Waals surface area (Å²) in [7, 11) is 1.23. The highest BCUT2D eigenvalue weighted by molar-refractivity contribution is 6.40. The standard InChI is InChI=1S/C23H21Cl2N5O5/c1-35-22(33)16(27-20(31)17-9-10-18-28-29-23(34)30(17)18)11-12-5-7-13(8-6-12)26-21(32)19-14(24)3-2-4-15(19)25/h2-8,16-17H,9-11H2,1H3,(H,26,32)(H,27,31)(H,29,34)/t16-,17?/m0/s1. The van der Waals surface area contributed by atoms with Gasteiger partial charge in [0.05, 0.1) is 22.7 Å². The van der Waals surface area contributed by atoms with Gasteiger partial charge in [-0.1, -0.05) is 41.4 Å². The fourth-order valence-electron chi connectivity index (χ4n) is 3.95. The number of methoxy groups -OCH3 is 1. The van der Waals surface area contributed by atoms with Crippen LogP contribution in [0.3, 0.4) is 0 Å². The zero-order chi connectivity index (χ0) is 25.1. The summed E-state index contributed by atoms with van der Waals surface area (Å²) >= 11 is 12.2. The van der Waals surface area contributed by atoms with Crippen molar-refractivity contribution in [2.75, 3.05) is 12.4 Å². The van der Waals surface area contributed by atoms with Crippen LogP contribution in [0.15, 0.2) is 47.3 Å². The average molecular weight is 518 g/mol. The van der Waals surface area contributed by atoms with Crippen molar-refractivity contribution in [2.45, 2.75) is 31.3 Å². The first kappa shape index (κ1) is 24.5. The maximum atomic E-state index is 12.9. The first-order valence-electron chi connectivity index (χ1n) is 10.7. The molecule has 0 fully saturated rings. The van der Waals surface area contributed by atoms with E-state index < -0.39 is 35.6 Å². The van der Waals surface area contributed by atoms with Gasteiger partial charge in [-0.3, -0.25) is 14.2 Å². The molecule has 4 rings (SSSR count). The largest absolute Gasteiger partial charge is 0.467 e. The molecule has 35 heavy (non-hydrogen) atoms. The number of carbonyl (C=O) groups is 3. The Labute approximate surface area is 209 Å². The van der Waals surface area contributed by atoms with Crippen molar-refractivity contribution in [2.24, 2.45) is 0 Å². The minimum Gasteiger partial charge on any atom is -0.467 e. The van der Waals surface area contributed by atoms with Crippen LogP contribution in [0.25, 0.3) is 0 Å². The molecule has 3 N–H and O–H groups in total. The number of H-pyrrole nitrogens is 1. The number of fused-ring (bicyclic) bond motifs is 1. The van der Waals surface area contributed by atoms with Crippen molar-refractivity contribution in [1.82, 2.24) is 20.1 Å². The molecule has 2 amide bonds. The van der Waals surface area contributed by atoms with Crippen LogP contribution in [0, 0.1) is 0 Å². The van der Waals surface area contributed by atoms with Gasteiger partial charge >= 0.3 is 11.7 Å². The molecule has 2 aromatic carbocycles. The molecule has 0 saturated heterocycles. The van der Waals surface area contributed by atoms with Crippen LogP contribution in [0.1, 0.15) is 34.2 Å². The predicted molar refractivity (Wildman–Crippen MR) is 129 cm³/mol. The maximum Gasteiger partial charge on any atom is 0.344 e. The van der Waals surface area contributed by atoms with Crippen LogP contribution >= 0.6 is 23.2 Å². The Morgan fingerprint density at radius 2 is 1.86 bits per heavy atom. The van der Waals surface area contributed by atoms with E-state index in [1.165, 1.54) is 11.7 Å². The van der Waals surface area contributed by atoms with Gasteiger partial charge in [-0.2, -0.15) is 5.10 Å². The molecule has 0 bridgehead atoms. The van der Waals surface area contributed by atoms with Gasteiger partial charge in [-0.25, -0.2) is 14.7 Å². The number of aryl methyl sites for hydroxylation is 1. The Hall–Kier alpha value is -3.63. The van der Waals surface area contributed by atoms with Crippen LogP contribution in [0.4, 0.5) is 5.69 Å². The lowest BCUT2D eigenvalue weighted by molar-refractivity contribution is -0.145. The molecule has 10 nitrogen and oxygen atoms in total. The first-order chi connectivity index (χ1) is 16.8. The van der Waals surface area contributed by atoms with Crippen molar-refractivity contribution >= 4 is 46.7 Å². The maximum absolute atomic E-state index is 12.9. The van der Waals surface area contributed by atoms with Crippen LogP contribution < -0.4 is 16.3 Å². The smallest absolute Gasteiger partial charge is 0.344 e. The second kappa shape index (κ2) is 10.3. The third kappa shape index (κ3) is 5.23. The number of nitrogens with zero attached hydrogens (tertiary/aromatic N) is 2. The van der Waals surface area contributed by atoms with Crippen LogP contribution in [-0.4, -0.2) is 45.7 Å². The van der Waals surface area contributed by atoms with Crippen LogP contribution in [0.2, 0.25) is 10.0 Å². The molecule has 0 aliphatic carbocycles. The number of nitrogens with one attached hydrogen (secondary N) is 3. The summed E-state index contributed by atoms with van der Waals surface area (Å²) in [6.45, 7) is 0. The van der Waals surface area contributed by atoms with E-state index in [9.17, 15) is 19.2 Å². The molecule has 3 aromatic rings. The number of aromatic amines is 1. The molecule has 2 heterocycles. The Kier molecular flexibility index (Phi) is 7.23. The second-order valence-electron chi connectivity index (χ2n) is 7.91. The highest BCUT2D eigenvalue weighted by atomic mass is 35.5. The zero-order valence-electron chi connectivity index (χ0n) is 18.5. The highest BCUT2D eigenvalue weighted by Gasteiger charge is 2.34. The third-order valence-corrected chi connectivity index (χ3v) is 6.31. The summed E-state index contributed by atoms with van der Waals surface area (Å²) in [5, 5.41) is 12.1. The van der Waals surface area contributed by atoms with Gasteiger partial charge in [0, 0.05) is 18.5 Å². The molecule has 0 spiro atoms. The number of esters is 1. The number of ether oxygens (including phenoxy) is 1. The summed E-state index contributed by atoms with van der Waals surface area (Å²) < 4.78 is 6.15. The molecule has 182 valence electrons.